The van der Waals surface area contributed by atoms with Gasteiger partial charge in [0, 0.05) is 38.4 Å². The van der Waals surface area contributed by atoms with Crippen molar-refractivity contribution in [2.24, 2.45) is 5.92 Å². The van der Waals surface area contributed by atoms with E-state index >= 15 is 0 Å². The van der Waals surface area contributed by atoms with Crippen molar-refractivity contribution in [1.82, 2.24) is 15.2 Å². The highest BCUT2D eigenvalue weighted by molar-refractivity contribution is 5.43. The summed E-state index contributed by atoms with van der Waals surface area (Å²) >= 11 is 0. The van der Waals surface area contributed by atoms with Gasteiger partial charge in [0.25, 0.3) is 0 Å². The van der Waals surface area contributed by atoms with Crippen LogP contribution in [0.25, 0.3) is 0 Å². The standard InChI is InChI=1S/C17H30N4/c1-5-20-6-8-21(9-7-20)17-11-16(10-15(4)19-17)13-18-12-14(2)3/h10-11,14,18H,5-9,12-13H2,1-4H3. The Morgan fingerprint density at radius 1 is 1.19 bits per heavy atom. The van der Waals surface area contributed by atoms with Gasteiger partial charge >= 0.3 is 0 Å². The highest BCUT2D eigenvalue weighted by atomic mass is 15.3. The van der Waals surface area contributed by atoms with Gasteiger partial charge in [-0.25, -0.2) is 4.98 Å². The minimum atomic E-state index is 0.689. The minimum absolute atomic E-state index is 0.689. The topological polar surface area (TPSA) is 31.4 Å². The highest BCUT2D eigenvalue weighted by Gasteiger charge is 2.17. The number of likely N-dealkylation sites (N-methyl/N-ethyl adjacent to an activating group) is 1. The summed E-state index contributed by atoms with van der Waals surface area (Å²) in [6.45, 7) is 16.4. The normalized spacial score (nSPS) is 16.7. The van der Waals surface area contributed by atoms with Gasteiger partial charge in [0.05, 0.1) is 0 Å². The van der Waals surface area contributed by atoms with Gasteiger partial charge in [0.15, 0.2) is 0 Å². The van der Waals surface area contributed by atoms with Crippen LogP contribution in [-0.2, 0) is 6.54 Å². The minimum Gasteiger partial charge on any atom is -0.354 e. The van der Waals surface area contributed by atoms with Gasteiger partial charge in [-0.1, -0.05) is 20.8 Å². The smallest absolute Gasteiger partial charge is 0.129 e. The van der Waals surface area contributed by atoms with Crippen LogP contribution in [0.2, 0.25) is 0 Å². The number of nitrogens with zero attached hydrogens (tertiary/aromatic N) is 3. The summed E-state index contributed by atoms with van der Waals surface area (Å²) < 4.78 is 0. The fraction of sp³-hybridized carbons (Fsp3) is 0.706. The second-order valence-electron chi connectivity index (χ2n) is 6.42. The first-order chi connectivity index (χ1) is 10.1. The van der Waals surface area contributed by atoms with E-state index < -0.39 is 0 Å². The number of hydrogen-bond acceptors (Lipinski definition) is 4. The summed E-state index contributed by atoms with van der Waals surface area (Å²) in [5.74, 6) is 1.83. The molecule has 4 nitrogen and oxygen atoms in total. The Kier molecular flexibility index (Phi) is 6.00. The number of pyridine rings is 1. The number of nitrogens with one attached hydrogen (secondary N) is 1. The average molecular weight is 290 g/mol. The fourth-order valence-electron chi connectivity index (χ4n) is 2.78. The average Bonchev–Trinajstić information content (AvgIpc) is 2.46. The molecule has 0 aromatic carbocycles. The molecule has 1 aromatic rings. The molecule has 0 amide bonds. The van der Waals surface area contributed by atoms with Crippen molar-refractivity contribution in [3.05, 3.63) is 23.4 Å². The number of hydrogen-bond donors (Lipinski definition) is 1. The zero-order valence-corrected chi connectivity index (χ0v) is 14.0. The van der Waals surface area contributed by atoms with Crippen LogP contribution in [-0.4, -0.2) is 49.2 Å². The molecule has 1 fully saturated rings. The lowest BCUT2D eigenvalue weighted by Crippen LogP contribution is -2.46. The van der Waals surface area contributed by atoms with Crippen molar-refractivity contribution in [1.29, 1.82) is 0 Å². The number of rotatable bonds is 6. The van der Waals surface area contributed by atoms with E-state index in [1.807, 2.05) is 0 Å². The SMILES string of the molecule is CCN1CCN(c2cc(CNCC(C)C)cc(C)n2)CC1. The van der Waals surface area contributed by atoms with Crippen LogP contribution < -0.4 is 10.2 Å². The molecular weight excluding hydrogens is 260 g/mol. The lowest BCUT2D eigenvalue weighted by molar-refractivity contribution is 0.270. The summed E-state index contributed by atoms with van der Waals surface area (Å²) in [5.41, 5.74) is 2.46. The maximum absolute atomic E-state index is 4.73. The second kappa shape index (κ2) is 7.76. The Labute approximate surface area is 129 Å². The lowest BCUT2D eigenvalue weighted by Gasteiger charge is -2.35. The molecule has 0 unspecified atom stereocenters. The molecule has 2 rings (SSSR count). The zero-order valence-electron chi connectivity index (χ0n) is 14.0. The maximum atomic E-state index is 4.73. The van der Waals surface area contributed by atoms with Crippen molar-refractivity contribution in [3.63, 3.8) is 0 Å². The first-order valence-corrected chi connectivity index (χ1v) is 8.24. The van der Waals surface area contributed by atoms with Crippen molar-refractivity contribution >= 4 is 5.82 Å². The Morgan fingerprint density at radius 2 is 1.90 bits per heavy atom. The van der Waals surface area contributed by atoms with Gasteiger partial charge in [-0.2, -0.15) is 0 Å². The lowest BCUT2D eigenvalue weighted by atomic mass is 10.2. The van der Waals surface area contributed by atoms with Crippen LogP contribution in [0.4, 0.5) is 5.82 Å². The molecule has 0 saturated carbocycles. The molecule has 1 aliphatic heterocycles. The van der Waals surface area contributed by atoms with Gasteiger partial charge in [-0.15, -0.1) is 0 Å². The molecule has 1 saturated heterocycles. The Hall–Kier alpha value is -1.13. The first-order valence-electron chi connectivity index (χ1n) is 8.24. The predicted octanol–water partition coefficient (Wildman–Crippen LogP) is 2.28. The largest absolute Gasteiger partial charge is 0.354 e. The molecule has 0 bridgehead atoms. The Bertz CT molecular complexity index is 436. The molecule has 21 heavy (non-hydrogen) atoms. The molecule has 0 radical (unpaired) electrons. The number of piperazine rings is 1. The Balaban J connectivity index is 1.98. The number of aryl methyl sites for hydroxylation is 1. The fourth-order valence-corrected chi connectivity index (χ4v) is 2.78. The third-order valence-electron chi connectivity index (χ3n) is 4.02. The maximum Gasteiger partial charge on any atom is 0.129 e. The first kappa shape index (κ1) is 16.2. The van der Waals surface area contributed by atoms with E-state index in [0.717, 1.165) is 57.3 Å². The summed E-state index contributed by atoms with van der Waals surface area (Å²) in [6, 6.07) is 4.45. The zero-order chi connectivity index (χ0) is 15.2. The number of anilines is 1. The molecule has 2 heterocycles. The summed E-state index contributed by atoms with van der Waals surface area (Å²) in [4.78, 5) is 9.65. The van der Waals surface area contributed by atoms with Crippen molar-refractivity contribution in [2.75, 3.05) is 44.2 Å². The molecule has 1 aliphatic rings. The van der Waals surface area contributed by atoms with E-state index in [0.29, 0.717) is 5.92 Å². The van der Waals surface area contributed by atoms with Gasteiger partial charge in [-0.3, -0.25) is 0 Å². The molecule has 4 heteroatoms. The van der Waals surface area contributed by atoms with Gasteiger partial charge in [-0.05, 0) is 43.6 Å². The van der Waals surface area contributed by atoms with Gasteiger partial charge < -0.3 is 15.1 Å². The van der Waals surface area contributed by atoms with Crippen molar-refractivity contribution in [2.45, 2.75) is 34.2 Å². The van der Waals surface area contributed by atoms with E-state index in [2.05, 4.69) is 54.9 Å². The molecule has 0 atom stereocenters. The van der Waals surface area contributed by atoms with E-state index in [1.54, 1.807) is 0 Å². The Morgan fingerprint density at radius 3 is 2.52 bits per heavy atom. The molecular formula is C17H30N4. The van der Waals surface area contributed by atoms with Gasteiger partial charge in [0.2, 0.25) is 0 Å². The summed E-state index contributed by atoms with van der Waals surface area (Å²) in [6.07, 6.45) is 0. The van der Waals surface area contributed by atoms with E-state index in [4.69, 9.17) is 4.98 Å². The molecule has 118 valence electrons. The third-order valence-corrected chi connectivity index (χ3v) is 4.02. The number of aromatic nitrogens is 1. The highest BCUT2D eigenvalue weighted by Crippen LogP contribution is 2.17. The predicted molar refractivity (Wildman–Crippen MR) is 89.8 cm³/mol. The quantitative estimate of drug-likeness (QED) is 0.871. The second-order valence-corrected chi connectivity index (χ2v) is 6.42. The van der Waals surface area contributed by atoms with Crippen LogP contribution in [0.5, 0.6) is 0 Å². The van der Waals surface area contributed by atoms with Gasteiger partial charge in [0.1, 0.15) is 5.82 Å². The third kappa shape index (κ3) is 4.97. The van der Waals surface area contributed by atoms with Crippen LogP contribution in [0, 0.1) is 12.8 Å². The van der Waals surface area contributed by atoms with Crippen molar-refractivity contribution in [3.8, 4) is 0 Å². The summed E-state index contributed by atoms with van der Waals surface area (Å²) in [5, 5.41) is 3.52. The monoisotopic (exact) mass is 290 g/mol. The summed E-state index contributed by atoms with van der Waals surface area (Å²) in [7, 11) is 0. The van der Waals surface area contributed by atoms with Crippen LogP contribution >= 0.6 is 0 Å². The molecule has 0 aliphatic carbocycles. The van der Waals surface area contributed by atoms with E-state index in [9.17, 15) is 0 Å². The van der Waals surface area contributed by atoms with Crippen LogP contribution in [0.1, 0.15) is 32.0 Å². The van der Waals surface area contributed by atoms with Crippen LogP contribution in [0.3, 0.4) is 0 Å². The molecule has 1 aromatic heterocycles. The molecule has 0 spiro atoms. The van der Waals surface area contributed by atoms with Crippen LogP contribution in [0.15, 0.2) is 12.1 Å². The molecule has 1 N–H and O–H groups in total. The van der Waals surface area contributed by atoms with E-state index in [-0.39, 0.29) is 0 Å². The van der Waals surface area contributed by atoms with E-state index in [1.165, 1.54) is 5.56 Å². The van der Waals surface area contributed by atoms with Crippen molar-refractivity contribution < 1.29 is 0 Å².